The molecule has 5 rings (SSSR count). The molecule has 2 aromatic rings. The van der Waals surface area contributed by atoms with E-state index in [2.05, 4.69) is 41.3 Å². The lowest BCUT2D eigenvalue weighted by Gasteiger charge is -2.36. The third kappa shape index (κ3) is 4.80. The van der Waals surface area contributed by atoms with Crippen molar-refractivity contribution in [3.8, 4) is 0 Å². The van der Waals surface area contributed by atoms with E-state index in [4.69, 9.17) is 0 Å². The summed E-state index contributed by atoms with van der Waals surface area (Å²) >= 11 is 0. The third-order valence-corrected chi connectivity index (χ3v) is 9.81. The molecule has 0 spiro atoms. The number of rotatable bonds is 5. The average Bonchev–Trinajstić information content (AvgIpc) is 2.85. The lowest BCUT2D eigenvalue weighted by atomic mass is 9.84. The van der Waals surface area contributed by atoms with E-state index >= 15 is 0 Å². The smallest absolute Gasteiger partial charge is 0.243 e. The van der Waals surface area contributed by atoms with Crippen molar-refractivity contribution in [2.75, 3.05) is 26.2 Å². The largest absolute Gasteiger partial charge is 0.298 e. The number of hydrogen-bond donors (Lipinski definition) is 0. The molecule has 0 atom stereocenters. The molecule has 2 fully saturated rings. The van der Waals surface area contributed by atoms with Gasteiger partial charge in [0.1, 0.15) is 0 Å². The molecule has 0 aromatic heterocycles. The molecule has 32 heavy (non-hydrogen) atoms. The van der Waals surface area contributed by atoms with Crippen molar-refractivity contribution in [3.05, 3.63) is 65.2 Å². The van der Waals surface area contributed by atoms with E-state index in [1.807, 2.05) is 12.1 Å². The van der Waals surface area contributed by atoms with Crippen molar-refractivity contribution in [1.29, 1.82) is 0 Å². The molecule has 172 valence electrons. The Labute approximate surface area is 193 Å². The fourth-order valence-electron chi connectivity index (χ4n) is 5.90. The number of benzene rings is 2. The van der Waals surface area contributed by atoms with Crippen molar-refractivity contribution in [3.63, 3.8) is 0 Å². The van der Waals surface area contributed by atoms with E-state index in [1.165, 1.54) is 48.8 Å². The van der Waals surface area contributed by atoms with Crippen LogP contribution >= 0.6 is 0 Å². The first-order valence-corrected chi connectivity index (χ1v) is 13.9. The first kappa shape index (κ1) is 22.1. The zero-order valence-corrected chi connectivity index (χ0v) is 19.9. The van der Waals surface area contributed by atoms with Crippen molar-refractivity contribution < 1.29 is 8.42 Å². The van der Waals surface area contributed by atoms with Gasteiger partial charge in [-0.15, -0.1) is 0 Å². The van der Waals surface area contributed by atoms with Crippen LogP contribution in [-0.2, 0) is 23.0 Å². The second-order valence-corrected chi connectivity index (χ2v) is 11.9. The summed E-state index contributed by atoms with van der Waals surface area (Å²) in [4.78, 5) is 3.02. The molecule has 0 radical (unpaired) electrons. The van der Waals surface area contributed by atoms with Crippen molar-refractivity contribution in [2.45, 2.75) is 68.7 Å². The number of nitrogens with zero attached hydrogens (tertiary/aromatic N) is 2. The van der Waals surface area contributed by atoms with Gasteiger partial charge in [-0.25, -0.2) is 8.42 Å². The van der Waals surface area contributed by atoms with Gasteiger partial charge in [-0.1, -0.05) is 55.7 Å². The predicted molar refractivity (Wildman–Crippen MR) is 129 cm³/mol. The lowest BCUT2D eigenvalue weighted by molar-refractivity contribution is 0.171. The maximum absolute atomic E-state index is 13.2. The number of piperidine rings is 1. The highest BCUT2D eigenvalue weighted by Crippen LogP contribution is 2.33. The summed E-state index contributed by atoms with van der Waals surface area (Å²) in [5.41, 5.74) is 4.25. The van der Waals surface area contributed by atoms with Crippen LogP contribution in [0.3, 0.4) is 0 Å². The number of fused-ring (bicyclic) bond motifs is 1. The summed E-state index contributed by atoms with van der Waals surface area (Å²) in [6.07, 6.45) is 9.44. The standard InChI is InChI=1S/C27H36N2O2S/c30-32(31,27-12-10-25(11-13-27)23-6-2-1-3-7-23)29-18-14-22(15-19-29)20-28-17-16-24-8-4-5-9-26(24)21-28/h4-5,8-13,22-23H,1-3,6-7,14-21H2. The Hall–Kier alpha value is -1.69. The normalized spacial score (nSPS) is 22.0. The summed E-state index contributed by atoms with van der Waals surface area (Å²) in [5.74, 6) is 1.19. The van der Waals surface area contributed by atoms with Crippen LogP contribution in [0.4, 0.5) is 0 Å². The zero-order valence-electron chi connectivity index (χ0n) is 19.1. The molecule has 2 heterocycles. The summed E-state index contributed by atoms with van der Waals surface area (Å²) in [5, 5.41) is 0. The minimum absolute atomic E-state index is 0.461. The first-order valence-electron chi connectivity index (χ1n) is 12.5. The fraction of sp³-hybridized carbons (Fsp3) is 0.556. The number of hydrogen-bond acceptors (Lipinski definition) is 3. The Kier molecular flexibility index (Phi) is 6.68. The second-order valence-electron chi connectivity index (χ2n) is 10.0. The predicted octanol–water partition coefficient (Wildman–Crippen LogP) is 5.19. The van der Waals surface area contributed by atoms with Crippen LogP contribution in [0.15, 0.2) is 53.4 Å². The van der Waals surface area contributed by atoms with Gasteiger partial charge in [0.05, 0.1) is 4.90 Å². The summed E-state index contributed by atoms with van der Waals surface area (Å²) in [6, 6.07) is 16.6. The number of sulfonamides is 1. The van der Waals surface area contributed by atoms with Crippen LogP contribution in [-0.4, -0.2) is 43.8 Å². The van der Waals surface area contributed by atoms with E-state index in [0.29, 0.717) is 29.8 Å². The average molecular weight is 453 g/mol. The SMILES string of the molecule is O=S(=O)(c1ccc(C2CCCCC2)cc1)N1CCC(CN2CCc3ccccc3C2)CC1. The molecule has 2 aliphatic heterocycles. The van der Waals surface area contributed by atoms with E-state index in [1.54, 1.807) is 4.31 Å². The zero-order chi connectivity index (χ0) is 22.0. The van der Waals surface area contributed by atoms with Crippen LogP contribution in [0.5, 0.6) is 0 Å². The minimum Gasteiger partial charge on any atom is -0.298 e. The van der Waals surface area contributed by atoms with E-state index < -0.39 is 10.0 Å². The highest BCUT2D eigenvalue weighted by Gasteiger charge is 2.31. The van der Waals surface area contributed by atoms with Gasteiger partial charge < -0.3 is 0 Å². The molecule has 0 amide bonds. The summed E-state index contributed by atoms with van der Waals surface area (Å²) in [7, 11) is -3.39. The van der Waals surface area contributed by atoms with Crippen LogP contribution in [0.2, 0.25) is 0 Å². The molecule has 4 nitrogen and oxygen atoms in total. The topological polar surface area (TPSA) is 40.6 Å². The van der Waals surface area contributed by atoms with E-state index in [9.17, 15) is 8.42 Å². The van der Waals surface area contributed by atoms with Gasteiger partial charge in [-0.3, -0.25) is 4.90 Å². The molecule has 2 aromatic carbocycles. The lowest BCUT2D eigenvalue weighted by Crippen LogP contribution is -2.42. The van der Waals surface area contributed by atoms with Gasteiger partial charge in [-0.2, -0.15) is 4.31 Å². The Balaban J connectivity index is 1.16. The maximum Gasteiger partial charge on any atom is 0.243 e. The van der Waals surface area contributed by atoms with Crippen LogP contribution in [0, 0.1) is 5.92 Å². The van der Waals surface area contributed by atoms with Crippen molar-refractivity contribution >= 4 is 10.0 Å². The Morgan fingerprint density at radius 2 is 1.47 bits per heavy atom. The van der Waals surface area contributed by atoms with Crippen molar-refractivity contribution in [1.82, 2.24) is 9.21 Å². The molecule has 5 heteroatoms. The van der Waals surface area contributed by atoms with Gasteiger partial charge in [0.2, 0.25) is 10.0 Å². The summed E-state index contributed by atoms with van der Waals surface area (Å²) < 4.78 is 28.2. The maximum atomic E-state index is 13.2. The van der Waals surface area contributed by atoms with Gasteiger partial charge in [0, 0.05) is 32.7 Å². The highest BCUT2D eigenvalue weighted by molar-refractivity contribution is 7.89. The van der Waals surface area contributed by atoms with Crippen LogP contribution in [0.25, 0.3) is 0 Å². The minimum atomic E-state index is -3.39. The fourth-order valence-corrected chi connectivity index (χ4v) is 7.37. The van der Waals surface area contributed by atoms with Crippen LogP contribution < -0.4 is 0 Å². The van der Waals surface area contributed by atoms with E-state index in [-0.39, 0.29) is 0 Å². The quantitative estimate of drug-likeness (QED) is 0.627. The Morgan fingerprint density at radius 1 is 0.781 bits per heavy atom. The second kappa shape index (κ2) is 9.66. The Bertz CT molecular complexity index is 1000. The monoisotopic (exact) mass is 452 g/mol. The molecule has 1 aliphatic carbocycles. The Morgan fingerprint density at radius 3 is 2.19 bits per heavy atom. The molecule has 3 aliphatic rings. The van der Waals surface area contributed by atoms with Crippen LogP contribution in [0.1, 0.15) is 67.6 Å². The molecular formula is C27H36N2O2S. The molecule has 1 saturated heterocycles. The third-order valence-electron chi connectivity index (χ3n) is 7.89. The van der Waals surface area contributed by atoms with E-state index in [0.717, 1.165) is 38.9 Å². The molecular weight excluding hydrogens is 416 g/mol. The summed E-state index contributed by atoms with van der Waals surface area (Å²) in [6.45, 7) is 4.51. The van der Waals surface area contributed by atoms with Gasteiger partial charge in [0.15, 0.2) is 0 Å². The molecule has 0 N–H and O–H groups in total. The van der Waals surface area contributed by atoms with Gasteiger partial charge in [0.25, 0.3) is 0 Å². The molecule has 1 saturated carbocycles. The first-order chi connectivity index (χ1) is 15.6. The molecule has 0 unspecified atom stereocenters. The molecule has 0 bridgehead atoms. The van der Waals surface area contributed by atoms with Gasteiger partial charge >= 0.3 is 0 Å². The van der Waals surface area contributed by atoms with Crippen molar-refractivity contribution in [2.24, 2.45) is 5.92 Å². The van der Waals surface area contributed by atoms with Gasteiger partial charge in [-0.05, 0) is 72.8 Å². The highest BCUT2D eigenvalue weighted by atomic mass is 32.2.